The molecule has 3 nitrogen and oxygen atoms in total. The molecule has 0 bridgehead atoms. The fraction of sp³-hybridized carbons (Fsp3) is 0.200. The molecular formula is C15H15NO2S. The maximum absolute atomic E-state index is 10.9. The molecule has 0 aliphatic heterocycles. The van der Waals surface area contributed by atoms with Crippen LogP contribution < -0.4 is 0 Å². The van der Waals surface area contributed by atoms with E-state index in [9.17, 15) is 10.1 Å². The van der Waals surface area contributed by atoms with Crippen LogP contribution >= 0.6 is 11.8 Å². The van der Waals surface area contributed by atoms with Crippen molar-refractivity contribution >= 4 is 17.4 Å². The highest BCUT2D eigenvalue weighted by molar-refractivity contribution is 7.97. The molecular weight excluding hydrogens is 258 g/mol. The fourth-order valence-corrected chi connectivity index (χ4v) is 2.94. The number of hydrogen-bond donors (Lipinski definition) is 0. The van der Waals surface area contributed by atoms with E-state index in [1.807, 2.05) is 31.2 Å². The Morgan fingerprint density at radius 3 is 2.47 bits per heavy atom. The van der Waals surface area contributed by atoms with Crippen LogP contribution in [-0.2, 0) is 11.5 Å². The van der Waals surface area contributed by atoms with Gasteiger partial charge in [-0.25, -0.2) is 0 Å². The second-order valence-corrected chi connectivity index (χ2v) is 5.28. The van der Waals surface area contributed by atoms with Crippen LogP contribution in [0.25, 0.3) is 0 Å². The van der Waals surface area contributed by atoms with Crippen molar-refractivity contribution in [2.75, 3.05) is 0 Å². The summed E-state index contributed by atoms with van der Waals surface area (Å²) in [6, 6.07) is 15.5. The quantitative estimate of drug-likeness (QED) is 0.601. The maximum Gasteiger partial charge on any atom is 0.272 e. The van der Waals surface area contributed by atoms with E-state index in [2.05, 4.69) is 12.1 Å². The smallest absolute Gasteiger partial charge is 0.258 e. The van der Waals surface area contributed by atoms with Crippen molar-refractivity contribution in [3.05, 3.63) is 75.3 Å². The molecule has 0 heterocycles. The summed E-state index contributed by atoms with van der Waals surface area (Å²) in [6.45, 7) is 1.82. The summed E-state index contributed by atoms with van der Waals surface area (Å²) in [5.74, 6) is 1.71. The predicted octanol–water partition coefficient (Wildman–Crippen LogP) is 4.34. The third kappa shape index (κ3) is 3.58. The lowest BCUT2D eigenvalue weighted by molar-refractivity contribution is -0.385. The third-order valence-corrected chi connectivity index (χ3v) is 4.04. The molecule has 0 amide bonds. The Labute approximate surface area is 116 Å². The minimum absolute atomic E-state index is 0.206. The largest absolute Gasteiger partial charge is 0.272 e. The molecule has 2 rings (SSSR count). The van der Waals surface area contributed by atoms with E-state index >= 15 is 0 Å². The van der Waals surface area contributed by atoms with E-state index in [1.54, 1.807) is 23.9 Å². The number of hydrogen-bond acceptors (Lipinski definition) is 3. The Morgan fingerprint density at radius 1 is 1.05 bits per heavy atom. The van der Waals surface area contributed by atoms with Crippen LogP contribution in [0.3, 0.4) is 0 Å². The first-order valence-corrected chi connectivity index (χ1v) is 7.18. The molecule has 0 atom stereocenters. The zero-order chi connectivity index (χ0) is 13.7. The lowest BCUT2D eigenvalue weighted by Gasteiger charge is -2.06. The van der Waals surface area contributed by atoms with Gasteiger partial charge in [0.25, 0.3) is 5.69 Å². The van der Waals surface area contributed by atoms with Crippen molar-refractivity contribution in [2.45, 2.75) is 18.4 Å². The summed E-state index contributed by atoms with van der Waals surface area (Å²) in [5.41, 5.74) is 3.29. The molecule has 0 saturated heterocycles. The molecule has 0 aliphatic rings. The van der Waals surface area contributed by atoms with Crippen LogP contribution in [0.5, 0.6) is 0 Å². The van der Waals surface area contributed by atoms with E-state index in [0.717, 1.165) is 22.6 Å². The normalized spacial score (nSPS) is 10.4. The Morgan fingerprint density at radius 2 is 1.79 bits per heavy atom. The molecule has 0 N–H and O–H groups in total. The van der Waals surface area contributed by atoms with Crippen molar-refractivity contribution in [3.8, 4) is 0 Å². The van der Waals surface area contributed by atoms with Gasteiger partial charge in [0.1, 0.15) is 0 Å². The SMILES string of the molecule is Cc1c(CSCc2ccccc2)cccc1[N+](=O)[O-]. The molecule has 2 aromatic rings. The number of nitro groups is 1. The summed E-state index contributed by atoms with van der Waals surface area (Å²) in [4.78, 5) is 10.5. The van der Waals surface area contributed by atoms with Crippen molar-refractivity contribution in [3.63, 3.8) is 0 Å². The maximum atomic E-state index is 10.9. The topological polar surface area (TPSA) is 43.1 Å². The lowest BCUT2D eigenvalue weighted by Crippen LogP contribution is -1.95. The summed E-state index contributed by atoms with van der Waals surface area (Å²) in [7, 11) is 0. The average molecular weight is 273 g/mol. The molecule has 98 valence electrons. The summed E-state index contributed by atoms with van der Waals surface area (Å²) in [5, 5.41) is 10.9. The number of thioether (sulfide) groups is 1. The Hall–Kier alpha value is -1.81. The van der Waals surface area contributed by atoms with Crippen LogP contribution in [-0.4, -0.2) is 4.92 Å². The van der Waals surface area contributed by atoms with E-state index < -0.39 is 0 Å². The molecule has 4 heteroatoms. The zero-order valence-electron chi connectivity index (χ0n) is 10.7. The van der Waals surface area contributed by atoms with Gasteiger partial charge >= 0.3 is 0 Å². The van der Waals surface area contributed by atoms with Crippen LogP contribution in [0.2, 0.25) is 0 Å². The average Bonchev–Trinajstić information content (AvgIpc) is 2.41. The monoisotopic (exact) mass is 273 g/mol. The lowest BCUT2D eigenvalue weighted by atomic mass is 10.1. The molecule has 0 aromatic heterocycles. The van der Waals surface area contributed by atoms with E-state index in [0.29, 0.717) is 0 Å². The van der Waals surface area contributed by atoms with Gasteiger partial charge in [-0.2, -0.15) is 11.8 Å². The van der Waals surface area contributed by atoms with Gasteiger partial charge in [0.05, 0.1) is 4.92 Å². The Kier molecular flexibility index (Phi) is 4.58. The zero-order valence-corrected chi connectivity index (χ0v) is 11.5. The molecule has 19 heavy (non-hydrogen) atoms. The molecule has 0 aliphatic carbocycles. The summed E-state index contributed by atoms with van der Waals surface area (Å²) in [6.07, 6.45) is 0. The van der Waals surface area contributed by atoms with Gasteiger partial charge in [-0.15, -0.1) is 0 Å². The van der Waals surface area contributed by atoms with Crippen molar-refractivity contribution < 1.29 is 4.92 Å². The molecule has 0 radical (unpaired) electrons. The number of rotatable bonds is 5. The Bertz CT molecular complexity index is 570. The highest BCUT2D eigenvalue weighted by atomic mass is 32.2. The molecule has 2 aromatic carbocycles. The first kappa shape index (κ1) is 13.6. The highest BCUT2D eigenvalue weighted by Crippen LogP contribution is 2.25. The van der Waals surface area contributed by atoms with Gasteiger partial charge in [-0.05, 0) is 18.1 Å². The predicted molar refractivity (Wildman–Crippen MR) is 79.3 cm³/mol. The summed E-state index contributed by atoms with van der Waals surface area (Å²) >= 11 is 1.77. The van der Waals surface area contributed by atoms with E-state index in [-0.39, 0.29) is 10.6 Å². The van der Waals surface area contributed by atoms with Gasteiger partial charge in [-0.3, -0.25) is 10.1 Å². The number of nitrogens with zero attached hydrogens (tertiary/aromatic N) is 1. The first-order valence-electron chi connectivity index (χ1n) is 6.03. The number of benzene rings is 2. The van der Waals surface area contributed by atoms with Crippen molar-refractivity contribution in [1.82, 2.24) is 0 Å². The molecule has 0 spiro atoms. The van der Waals surface area contributed by atoms with Gasteiger partial charge in [0, 0.05) is 23.1 Å². The van der Waals surface area contributed by atoms with Gasteiger partial charge in [-0.1, -0.05) is 42.5 Å². The number of nitro benzene ring substituents is 1. The summed E-state index contributed by atoms with van der Waals surface area (Å²) < 4.78 is 0. The van der Waals surface area contributed by atoms with Crippen molar-refractivity contribution in [1.29, 1.82) is 0 Å². The van der Waals surface area contributed by atoms with Crippen LogP contribution in [0.4, 0.5) is 5.69 Å². The fourth-order valence-electron chi connectivity index (χ4n) is 1.88. The van der Waals surface area contributed by atoms with Crippen LogP contribution in [0.15, 0.2) is 48.5 Å². The van der Waals surface area contributed by atoms with Crippen molar-refractivity contribution in [2.24, 2.45) is 0 Å². The van der Waals surface area contributed by atoms with Gasteiger partial charge < -0.3 is 0 Å². The molecule has 0 fully saturated rings. The van der Waals surface area contributed by atoms with Gasteiger partial charge in [0.15, 0.2) is 0 Å². The molecule has 0 unspecified atom stereocenters. The van der Waals surface area contributed by atoms with Gasteiger partial charge in [0.2, 0.25) is 0 Å². The molecule has 0 saturated carbocycles. The third-order valence-electron chi connectivity index (χ3n) is 2.98. The minimum atomic E-state index is -0.319. The minimum Gasteiger partial charge on any atom is -0.258 e. The van der Waals surface area contributed by atoms with E-state index in [1.165, 1.54) is 5.56 Å². The van der Waals surface area contributed by atoms with Crippen LogP contribution in [0, 0.1) is 17.0 Å². The first-order chi connectivity index (χ1) is 9.18. The Balaban J connectivity index is 2.00. The standard InChI is InChI=1S/C15H15NO2S/c1-12-14(8-5-9-15(12)16(17)18)11-19-10-13-6-3-2-4-7-13/h2-9H,10-11H2,1H3. The second kappa shape index (κ2) is 6.38. The van der Waals surface area contributed by atoms with E-state index in [4.69, 9.17) is 0 Å². The second-order valence-electron chi connectivity index (χ2n) is 4.30. The highest BCUT2D eigenvalue weighted by Gasteiger charge is 2.12. The van der Waals surface area contributed by atoms with Crippen LogP contribution in [0.1, 0.15) is 16.7 Å².